The van der Waals surface area contributed by atoms with Crippen LogP contribution in [-0.2, 0) is 4.79 Å². The molecule has 2 aromatic heterocycles. The lowest BCUT2D eigenvalue weighted by molar-refractivity contribution is -0.125. The van der Waals surface area contributed by atoms with Crippen molar-refractivity contribution in [3.8, 4) is 11.1 Å². The SMILES string of the molecule is C=CC1=C(C=C(C)N(C)C(C)=O)CN(c2ncnc3c(C)cc(-c4cccnc4)cc23)CC1. The number of fused-ring (bicyclic) bond motifs is 1. The van der Waals surface area contributed by atoms with Crippen molar-refractivity contribution < 1.29 is 4.79 Å². The molecule has 3 aromatic rings. The topological polar surface area (TPSA) is 62.2 Å². The lowest BCUT2D eigenvalue weighted by atomic mass is 9.97. The van der Waals surface area contributed by atoms with Gasteiger partial charge in [-0.3, -0.25) is 9.78 Å². The minimum Gasteiger partial charge on any atom is -0.351 e. The Hall–Kier alpha value is -3.80. The Balaban J connectivity index is 1.77. The van der Waals surface area contributed by atoms with Crippen LogP contribution >= 0.6 is 0 Å². The third-order valence-corrected chi connectivity index (χ3v) is 6.26. The highest BCUT2D eigenvalue weighted by atomic mass is 16.2. The maximum absolute atomic E-state index is 11.8. The molecule has 1 amide bonds. The van der Waals surface area contributed by atoms with Crippen LogP contribution in [0.3, 0.4) is 0 Å². The van der Waals surface area contributed by atoms with E-state index >= 15 is 0 Å². The molecule has 168 valence electrons. The fraction of sp³-hybridized carbons (Fsp3) is 0.259. The van der Waals surface area contributed by atoms with Gasteiger partial charge in [0.2, 0.25) is 5.91 Å². The van der Waals surface area contributed by atoms with Crippen LogP contribution in [0.2, 0.25) is 0 Å². The Morgan fingerprint density at radius 3 is 2.70 bits per heavy atom. The van der Waals surface area contributed by atoms with Crippen LogP contribution in [0.5, 0.6) is 0 Å². The first-order valence-corrected chi connectivity index (χ1v) is 11.1. The predicted molar refractivity (Wildman–Crippen MR) is 134 cm³/mol. The molecule has 0 atom stereocenters. The van der Waals surface area contributed by atoms with Gasteiger partial charge in [0.1, 0.15) is 12.1 Å². The van der Waals surface area contributed by atoms with Crippen LogP contribution in [0, 0.1) is 6.92 Å². The van der Waals surface area contributed by atoms with Gasteiger partial charge in [-0.1, -0.05) is 18.7 Å². The van der Waals surface area contributed by atoms with Crippen molar-refractivity contribution in [1.29, 1.82) is 0 Å². The number of allylic oxidation sites excluding steroid dienone is 2. The molecule has 0 saturated carbocycles. The monoisotopic (exact) mass is 439 g/mol. The zero-order valence-corrected chi connectivity index (χ0v) is 19.7. The Kier molecular flexibility index (Phi) is 6.36. The molecule has 0 aliphatic carbocycles. The smallest absolute Gasteiger partial charge is 0.223 e. The van der Waals surface area contributed by atoms with Crippen LogP contribution in [0.25, 0.3) is 22.0 Å². The third kappa shape index (κ3) is 4.55. The highest BCUT2D eigenvalue weighted by Crippen LogP contribution is 2.33. The third-order valence-electron chi connectivity index (χ3n) is 6.26. The molecule has 4 rings (SSSR count). The van der Waals surface area contributed by atoms with Crippen molar-refractivity contribution in [3.63, 3.8) is 0 Å². The van der Waals surface area contributed by atoms with Gasteiger partial charge in [-0.05, 0) is 66.8 Å². The number of hydrogen-bond acceptors (Lipinski definition) is 5. The lowest BCUT2D eigenvalue weighted by Crippen LogP contribution is -2.32. The Bertz CT molecular complexity index is 1280. The molecule has 1 aliphatic heterocycles. The molecule has 33 heavy (non-hydrogen) atoms. The molecular formula is C27H29N5O. The molecule has 6 nitrogen and oxygen atoms in total. The van der Waals surface area contributed by atoms with Gasteiger partial charge in [-0.15, -0.1) is 0 Å². The minimum absolute atomic E-state index is 0.0115. The summed E-state index contributed by atoms with van der Waals surface area (Å²) in [5.74, 6) is 0.929. The van der Waals surface area contributed by atoms with E-state index in [0.29, 0.717) is 6.54 Å². The van der Waals surface area contributed by atoms with Crippen LogP contribution < -0.4 is 4.90 Å². The fourth-order valence-electron chi connectivity index (χ4n) is 4.24. The van der Waals surface area contributed by atoms with E-state index in [1.54, 1.807) is 31.4 Å². The van der Waals surface area contributed by atoms with Gasteiger partial charge in [0.25, 0.3) is 0 Å². The summed E-state index contributed by atoms with van der Waals surface area (Å²) < 4.78 is 0. The number of hydrogen-bond donors (Lipinski definition) is 0. The van der Waals surface area contributed by atoms with Gasteiger partial charge < -0.3 is 9.80 Å². The van der Waals surface area contributed by atoms with E-state index in [2.05, 4.69) is 52.6 Å². The number of carbonyl (C=O) groups is 1. The fourth-order valence-corrected chi connectivity index (χ4v) is 4.24. The molecule has 0 saturated heterocycles. The number of anilines is 1. The first-order valence-electron chi connectivity index (χ1n) is 11.1. The number of rotatable bonds is 5. The molecule has 3 heterocycles. The average molecular weight is 440 g/mol. The van der Waals surface area contributed by atoms with Crippen LogP contribution in [-0.4, -0.2) is 45.9 Å². The van der Waals surface area contributed by atoms with Crippen LogP contribution in [0.4, 0.5) is 5.82 Å². The van der Waals surface area contributed by atoms with Crippen LogP contribution in [0.15, 0.2) is 78.6 Å². The first kappa shape index (κ1) is 22.4. The maximum Gasteiger partial charge on any atom is 0.223 e. The Morgan fingerprint density at radius 2 is 2.00 bits per heavy atom. The zero-order valence-electron chi connectivity index (χ0n) is 19.7. The van der Waals surface area contributed by atoms with Crippen molar-refractivity contribution in [2.75, 3.05) is 25.0 Å². The second-order valence-electron chi connectivity index (χ2n) is 8.42. The molecule has 1 aliphatic rings. The predicted octanol–water partition coefficient (Wildman–Crippen LogP) is 5.08. The van der Waals surface area contributed by atoms with E-state index in [1.165, 1.54) is 5.57 Å². The van der Waals surface area contributed by atoms with Gasteiger partial charge in [-0.25, -0.2) is 9.97 Å². The van der Waals surface area contributed by atoms with Crippen molar-refractivity contribution in [2.24, 2.45) is 0 Å². The number of carbonyl (C=O) groups excluding carboxylic acids is 1. The molecular weight excluding hydrogens is 410 g/mol. The molecule has 0 spiro atoms. The maximum atomic E-state index is 11.8. The quantitative estimate of drug-likeness (QED) is 0.555. The molecule has 0 N–H and O–H groups in total. The van der Waals surface area contributed by atoms with E-state index in [4.69, 9.17) is 4.98 Å². The number of aromatic nitrogens is 3. The van der Waals surface area contributed by atoms with Crippen molar-refractivity contribution >= 4 is 22.6 Å². The van der Waals surface area contributed by atoms with E-state index in [0.717, 1.165) is 57.6 Å². The minimum atomic E-state index is 0.0115. The first-order chi connectivity index (χ1) is 15.9. The van der Waals surface area contributed by atoms with Gasteiger partial charge in [-0.2, -0.15) is 0 Å². The van der Waals surface area contributed by atoms with Crippen molar-refractivity contribution in [2.45, 2.75) is 27.2 Å². The van der Waals surface area contributed by atoms with E-state index in [-0.39, 0.29) is 5.91 Å². The van der Waals surface area contributed by atoms with Gasteiger partial charge in [0.15, 0.2) is 0 Å². The molecule has 1 aromatic carbocycles. The molecule has 0 bridgehead atoms. The molecule has 6 heteroatoms. The highest BCUT2D eigenvalue weighted by Gasteiger charge is 2.21. The average Bonchev–Trinajstić information content (AvgIpc) is 2.83. The second-order valence-corrected chi connectivity index (χ2v) is 8.42. The van der Waals surface area contributed by atoms with E-state index in [1.807, 2.05) is 25.3 Å². The number of aryl methyl sites for hydroxylation is 1. The number of nitrogens with zero attached hydrogens (tertiary/aromatic N) is 5. The number of amides is 1. The van der Waals surface area contributed by atoms with Crippen molar-refractivity contribution in [3.05, 3.63) is 84.1 Å². The highest BCUT2D eigenvalue weighted by molar-refractivity contribution is 5.95. The summed E-state index contributed by atoms with van der Waals surface area (Å²) in [7, 11) is 1.80. The van der Waals surface area contributed by atoms with Gasteiger partial charge in [0, 0.05) is 56.1 Å². The summed E-state index contributed by atoms with van der Waals surface area (Å²) in [5, 5.41) is 1.03. The lowest BCUT2D eigenvalue weighted by Gasteiger charge is -2.31. The van der Waals surface area contributed by atoms with E-state index < -0.39 is 0 Å². The summed E-state index contributed by atoms with van der Waals surface area (Å²) >= 11 is 0. The van der Waals surface area contributed by atoms with Gasteiger partial charge >= 0.3 is 0 Å². The van der Waals surface area contributed by atoms with Gasteiger partial charge in [0.05, 0.1) is 5.52 Å². The standard InChI is InChI=1S/C27H29N5O/c1-6-21-9-11-32(16-24(21)13-19(3)31(5)20(4)33)27-25-14-23(22-8-7-10-28-15-22)12-18(2)26(25)29-17-30-27/h6-8,10,12-15,17H,1,9,11,16H2,2-5H3. The molecule has 0 fully saturated rings. The second kappa shape index (κ2) is 9.36. The zero-order chi connectivity index (χ0) is 23.5. The summed E-state index contributed by atoms with van der Waals surface area (Å²) in [6, 6.07) is 8.32. The Labute approximate surface area is 195 Å². The normalized spacial score (nSPS) is 14.5. The van der Waals surface area contributed by atoms with Crippen molar-refractivity contribution in [1.82, 2.24) is 19.9 Å². The summed E-state index contributed by atoms with van der Waals surface area (Å²) in [6.07, 6.45) is 10.2. The summed E-state index contributed by atoms with van der Waals surface area (Å²) in [6.45, 7) is 11.1. The number of pyridine rings is 1. The largest absolute Gasteiger partial charge is 0.351 e. The molecule has 0 radical (unpaired) electrons. The Morgan fingerprint density at radius 1 is 1.18 bits per heavy atom. The van der Waals surface area contributed by atoms with E-state index in [9.17, 15) is 4.79 Å². The summed E-state index contributed by atoms with van der Waals surface area (Å²) in [5.41, 5.74) is 7.48. The molecule has 0 unspecified atom stereocenters. The summed E-state index contributed by atoms with van der Waals surface area (Å²) in [4.78, 5) is 29.3. The van der Waals surface area contributed by atoms with Crippen LogP contribution in [0.1, 0.15) is 25.8 Å². The number of benzene rings is 1.